The molecule has 0 aliphatic carbocycles. The Hall–Kier alpha value is -2.86. The van der Waals surface area contributed by atoms with Crippen molar-refractivity contribution in [2.45, 2.75) is 25.4 Å². The van der Waals surface area contributed by atoms with Crippen molar-refractivity contribution in [2.24, 2.45) is 0 Å². The number of benzene rings is 1. The fraction of sp³-hybridized carbons (Fsp3) is 0.348. The van der Waals surface area contributed by atoms with Gasteiger partial charge in [-0.3, -0.25) is 4.90 Å². The van der Waals surface area contributed by atoms with Crippen LogP contribution in [0.4, 0.5) is 13.2 Å². The number of halogens is 5. The Kier molecular flexibility index (Phi) is 6.58. The lowest BCUT2D eigenvalue weighted by molar-refractivity contribution is 0.0170. The number of rotatable bonds is 7. The molecule has 36 heavy (non-hydrogen) atoms. The van der Waals surface area contributed by atoms with Crippen molar-refractivity contribution < 1.29 is 27.5 Å². The molecule has 1 aromatic carbocycles. The van der Waals surface area contributed by atoms with Gasteiger partial charge in [0.15, 0.2) is 17.2 Å². The Balaban J connectivity index is 1.39. The summed E-state index contributed by atoms with van der Waals surface area (Å²) in [5.74, 6) is -3.75. The molecule has 1 atom stereocenters. The van der Waals surface area contributed by atoms with Gasteiger partial charge >= 0.3 is 0 Å². The number of hydrogen-bond acceptors (Lipinski definition) is 7. The van der Waals surface area contributed by atoms with Crippen molar-refractivity contribution in [1.29, 1.82) is 0 Å². The van der Waals surface area contributed by atoms with Gasteiger partial charge in [0.1, 0.15) is 11.8 Å². The highest BCUT2D eigenvalue weighted by molar-refractivity contribution is 6.33. The zero-order valence-electron chi connectivity index (χ0n) is 18.9. The van der Waals surface area contributed by atoms with Crippen molar-refractivity contribution >= 4 is 28.8 Å². The number of β-amino-alcohol motifs (C(OH)–C–C–N with tert-alkyl or cyclic N) is 1. The zero-order chi connectivity index (χ0) is 25.6. The maximum absolute atomic E-state index is 14.8. The van der Waals surface area contributed by atoms with Crippen LogP contribution < -0.4 is 4.74 Å². The minimum absolute atomic E-state index is 0.00170. The first-order chi connectivity index (χ1) is 17.1. The molecule has 5 rings (SSSR count). The summed E-state index contributed by atoms with van der Waals surface area (Å²) >= 11 is 12.5. The first-order valence-electron chi connectivity index (χ1n) is 11.0. The maximum atomic E-state index is 14.8. The molecule has 1 aliphatic rings. The van der Waals surface area contributed by atoms with Crippen molar-refractivity contribution in [3.8, 4) is 28.7 Å². The molecule has 0 amide bonds. The predicted octanol–water partition coefficient (Wildman–Crippen LogP) is 5.05. The number of likely N-dealkylation sites (tertiary alicyclic amines) is 1. The van der Waals surface area contributed by atoms with Crippen LogP contribution in [0.3, 0.4) is 0 Å². The monoisotopic (exact) mass is 541 g/mol. The number of nitrogens with zero attached hydrogens (tertiary/aromatic N) is 5. The quantitative estimate of drug-likeness (QED) is 0.350. The number of imidazole rings is 1. The van der Waals surface area contributed by atoms with E-state index in [-0.39, 0.29) is 62.7 Å². The lowest BCUT2D eigenvalue weighted by Crippen LogP contribution is -2.27. The van der Waals surface area contributed by atoms with E-state index in [0.29, 0.717) is 19.5 Å². The molecule has 0 saturated carbocycles. The van der Waals surface area contributed by atoms with Crippen molar-refractivity contribution in [1.82, 2.24) is 24.4 Å². The van der Waals surface area contributed by atoms with Crippen molar-refractivity contribution in [3.63, 3.8) is 0 Å². The number of alkyl halides is 2. The second-order valence-corrected chi connectivity index (χ2v) is 9.37. The highest BCUT2D eigenvalue weighted by Crippen LogP contribution is 2.35. The first kappa shape index (κ1) is 24.8. The summed E-state index contributed by atoms with van der Waals surface area (Å²) in [5, 5.41) is 13.1. The first-order valence-corrected chi connectivity index (χ1v) is 11.8. The van der Waals surface area contributed by atoms with Crippen LogP contribution in [0, 0.1) is 5.82 Å². The number of aliphatic hydroxyl groups is 1. The summed E-state index contributed by atoms with van der Waals surface area (Å²) in [6.45, 7) is 2.68. The molecule has 1 saturated heterocycles. The Labute approximate surface area is 213 Å². The second kappa shape index (κ2) is 9.55. The van der Waals surface area contributed by atoms with Crippen LogP contribution in [0.5, 0.6) is 5.75 Å². The third kappa shape index (κ3) is 4.88. The number of pyridine rings is 1. The van der Waals surface area contributed by atoms with Gasteiger partial charge in [-0.2, -0.15) is 4.98 Å². The molecule has 8 nitrogen and oxygen atoms in total. The Morgan fingerprint density at radius 1 is 1.19 bits per heavy atom. The molecule has 0 radical (unpaired) electrons. The van der Waals surface area contributed by atoms with Crippen LogP contribution in [0.25, 0.3) is 28.6 Å². The van der Waals surface area contributed by atoms with E-state index in [0.717, 1.165) is 25.6 Å². The van der Waals surface area contributed by atoms with Gasteiger partial charge in [-0.05, 0) is 18.6 Å². The standard InChI is InChI=1S/C23H20Cl2F3N5O3/c1-23(27,28)12-6-16(25)21-29-18(11-33(21)9-12)22-30-20(31-36-22)14-7-17(26)19(8-15(14)24)35-13-2-3-32(10-13)4-5-34/h6-9,11,13,34H,2-5,10H2,1H3. The highest BCUT2D eigenvalue weighted by Gasteiger charge is 2.27. The van der Waals surface area contributed by atoms with Crippen LogP contribution in [0.1, 0.15) is 18.9 Å². The number of hydrogen-bond donors (Lipinski definition) is 1. The molecule has 4 aromatic rings. The lowest BCUT2D eigenvalue weighted by Gasteiger charge is -2.16. The van der Waals surface area contributed by atoms with E-state index in [9.17, 15) is 13.2 Å². The lowest BCUT2D eigenvalue weighted by atomic mass is 10.2. The Morgan fingerprint density at radius 3 is 2.75 bits per heavy atom. The molecule has 1 fully saturated rings. The summed E-state index contributed by atoms with van der Waals surface area (Å²) in [7, 11) is 0. The smallest absolute Gasteiger partial charge is 0.278 e. The molecular formula is C23H20Cl2F3N5O3. The molecule has 3 aromatic heterocycles. The molecule has 0 bridgehead atoms. The van der Waals surface area contributed by atoms with Gasteiger partial charge in [0, 0.05) is 56.1 Å². The van der Waals surface area contributed by atoms with Gasteiger partial charge < -0.3 is 18.8 Å². The zero-order valence-corrected chi connectivity index (χ0v) is 20.4. The van der Waals surface area contributed by atoms with Crippen LogP contribution in [-0.4, -0.2) is 61.9 Å². The van der Waals surface area contributed by atoms with E-state index < -0.39 is 11.7 Å². The number of ether oxygens (including phenoxy) is 1. The van der Waals surface area contributed by atoms with Crippen molar-refractivity contribution in [3.05, 3.63) is 52.0 Å². The molecule has 1 aliphatic heterocycles. The molecule has 13 heteroatoms. The third-order valence-corrected chi connectivity index (χ3v) is 6.45. The van der Waals surface area contributed by atoms with Gasteiger partial charge in [0.05, 0.1) is 16.7 Å². The fourth-order valence-electron chi connectivity index (χ4n) is 4.04. The number of aliphatic hydroxyl groups excluding tert-OH is 1. The van der Waals surface area contributed by atoms with Gasteiger partial charge in [-0.15, -0.1) is 0 Å². The van der Waals surface area contributed by atoms with Gasteiger partial charge in [-0.1, -0.05) is 28.4 Å². The van der Waals surface area contributed by atoms with E-state index in [2.05, 4.69) is 15.1 Å². The van der Waals surface area contributed by atoms with Crippen LogP contribution in [0.15, 0.2) is 35.1 Å². The second-order valence-electron chi connectivity index (χ2n) is 8.56. The van der Waals surface area contributed by atoms with Gasteiger partial charge in [0.25, 0.3) is 11.8 Å². The van der Waals surface area contributed by atoms with E-state index >= 15 is 0 Å². The Morgan fingerprint density at radius 2 is 2.00 bits per heavy atom. The Bertz CT molecular complexity index is 1420. The molecule has 0 spiro atoms. The average Bonchev–Trinajstić information content (AvgIpc) is 3.55. The summed E-state index contributed by atoms with van der Waals surface area (Å²) in [5.41, 5.74) is 0.324. The summed E-state index contributed by atoms with van der Waals surface area (Å²) in [4.78, 5) is 10.6. The average molecular weight is 542 g/mol. The van der Waals surface area contributed by atoms with Crippen LogP contribution >= 0.6 is 23.2 Å². The predicted molar refractivity (Wildman–Crippen MR) is 126 cm³/mol. The minimum atomic E-state index is -3.09. The molecule has 1 unspecified atom stereocenters. The van der Waals surface area contributed by atoms with E-state index in [1.807, 2.05) is 4.90 Å². The van der Waals surface area contributed by atoms with Crippen molar-refractivity contribution in [2.75, 3.05) is 26.2 Å². The van der Waals surface area contributed by atoms with E-state index in [1.165, 1.54) is 22.9 Å². The molecule has 190 valence electrons. The summed E-state index contributed by atoms with van der Waals surface area (Å²) in [6.07, 6.45) is 3.12. The number of fused-ring (bicyclic) bond motifs is 1. The normalized spacial score (nSPS) is 16.8. The highest BCUT2D eigenvalue weighted by atomic mass is 35.5. The molecule has 1 N–H and O–H groups in total. The largest absolute Gasteiger partial charge is 0.486 e. The van der Waals surface area contributed by atoms with E-state index in [4.69, 9.17) is 37.6 Å². The fourth-order valence-corrected chi connectivity index (χ4v) is 4.54. The summed E-state index contributed by atoms with van der Waals surface area (Å²) in [6, 6.07) is 3.66. The minimum Gasteiger partial charge on any atom is -0.486 e. The summed E-state index contributed by atoms with van der Waals surface area (Å²) < 4.78 is 54.7. The topological polar surface area (TPSA) is 88.9 Å². The number of aromatic nitrogens is 4. The third-order valence-electron chi connectivity index (χ3n) is 5.86. The van der Waals surface area contributed by atoms with Gasteiger partial charge in [0.2, 0.25) is 5.82 Å². The van der Waals surface area contributed by atoms with Crippen LogP contribution in [-0.2, 0) is 5.92 Å². The van der Waals surface area contributed by atoms with Crippen LogP contribution in [0.2, 0.25) is 10.0 Å². The van der Waals surface area contributed by atoms with Gasteiger partial charge in [-0.25, -0.2) is 18.2 Å². The molecular weight excluding hydrogens is 522 g/mol. The molecule has 4 heterocycles. The maximum Gasteiger partial charge on any atom is 0.278 e. The van der Waals surface area contributed by atoms with E-state index in [1.54, 1.807) is 0 Å². The SMILES string of the molecule is CC(F)(F)c1cc(Cl)c2nc(-c3nc(-c4cc(F)c(OC5CCN(CCO)C5)cc4Cl)no3)cn2c1.